The summed E-state index contributed by atoms with van der Waals surface area (Å²) < 4.78 is 31.6. The largest absolute Gasteiger partial charge is 0.507 e. The Labute approximate surface area is 335 Å². The van der Waals surface area contributed by atoms with E-state index >= 15 is 8.78 Å². The van der Waals surface area contributed by atoms with Gasteiger partial charge in [0.25, 0.3) is 17.7 Å². The van der Waals surface area contributed by atoms with Gasteiger partial charge < -0.3 is 51.6 Å². The zero-order chi connectivity index (χ0) is 41.3. The standard InChI is InChI=1S/C40H50F2N10O6/c1-45-36(55)32(6-4-18-53)52-37(56)28-9-8-26(19-30(28)38(52)57)50-11-10-25(40(41,42)24-50)22-47-12-14-48(15-13-47)39(58)49-16-17-51-27(23-49)21-46-35(44)33(51)20-31(43)29-5-2-3-7-34(29)54/h2-3,5,7-9,18-20,25,27,32,46,54H,4,6,10-17,21-24,43-44H2,1H3,(H,45,55)/b31-20-. The van der Waals surface area contributed by atoms with Crippen LogP contribution in [-0.4, -0.2) is 157 Å². The first kappa shape index (κ1) is 40.3. The fourth-order valence-corrected chi connectivity index (χ4v) is 8.66. The molecule has 5 amide bonds. The Morgan fingerprint density at radius 3 is 2.45 bits per heavy atom. The molecule has 3 fully saturated rings. The number of allylic oxidation sites excluding steroid dienone is 1. The fraction of sp³-hybridized carbons (Fsp3) is 0.475. The van der Waals surface area contributed by atoms with E-state index in [1.165, 1.54) is 24.1 Å². The first-order valence-corrected chi connectivity index (χ1v) is 19.6. The van der Waals surface area contributed by atoms with E-state index in [0.717, 1.165) is 4.90 Å². The molecule has 3 atom stereocenters. The minimum Gasteiger partial charge on any atom is -0.507 e. The lowest BCUT2D eigenvalue weighted by molar-refractivity contribution is -0.124. The number of piperidine rings is 1. The van der Waals surface area contributed by atoms with E-state index in [-0.39, 0.29) is 54.8 Å². The first-order chi connectivity index (χ1) is 27.8. The van der Waals surface area contributed by atoms with Gasteiger partial charge in [0.05, 0.1) is 29.4 Å². The fourth-order valence-electron chi connectivity index (χ4n) is 8.66. The maximum atomic E-state index is 15.8. The zero-order valence-corrected chi connectivity index (χ0v) is 32.4. The van der Waals surface area contributed by atoms with Crippen LogP contribution in [0.3, 0.4) is 0 Å². The van der Waals surface area contributed by atoms with Gasteiger partial charge in [0.1, 0.15) is 23.9 Å². The second-order valence-corrected chi connectivity index (χ2v) is 15.4. The molecule has 58 heavy (non-hydrogen) atoms. The van der Waals surface area contributed by atoms with Crippen LogP contribution in [-0.2, 0) is 9.59 Å². The van der Waals surface area contributed by atoms with E-state index in [1.54, 1.807) is 41.3 Å². The summed E-state index contributed by atoms with van der Waals surface area (Å²) in [5, 5.41) is 15.9. The van der Waals surface area contributed by atoms with Crippen LogP contribution in [0.1, 0.15) is 45.5 Å². The third-order valence-corrected chi connectivity index (χ3v) is 11.9. The number of carbonyl (C=O) groups is 5. The molecule has 2 aromatic rings. The number of nitrogens with two attached hydrogens (primary N) is 2. The van der Waals surface area contributed by atoms with Crippen molar-refractivity contribution in [1.82, 2.24) is 35.1 Å². The summed E-state index contributed by atoms with van der Waals surface area (Å²) >= 11 is 0. The molecule has 0 radical (unpaired) electrons. The van der Waals surface area contributed by atoms with Crippen LogP contribution in [0.2, 0.25) is 0 Å². The Balaban J connectivity index is 0.911. The van der Waals surface area contributed by atoms with Crippen LogP contribution in [0.5, 0.6) is 5.75 Å². The summed E-state index contributed by atoms with van der Waals surface area (Å²) in [6.07, 6.45) is 2.49. The maximum absolute atomic E-state index is 15.8. The lowest BCUT2D eigenvalue weighted by Crippen LogP contribution is -2.63. The number of amides is 5. The smallest absolute Gasteiger partial charge is 0.320 e. The maximum Gasteiger partial charge on any atom is 0.320 e. The summed E-state index contributed by atoms with van der Waals surface area (Å²) in [5.74, 6) is -5.39. The lowest BCUT2D eigenvalue weighted by Gasteiger charge is -2.48. The summed E-state index contributed by atoms with van der Waals surface area (Å²) in [4.78, 5) is 73.9. The van der Waals surface area contributed by atoms with Crippen LogP contribution in [0, 0.1) is 5.92 Å². The van der Waals surface area contributed by atoms with Crippen molar-refractivity contribution in [2.45, 2.75) is 37.3 Å². The normalized spacial score (nSPS) is 23.0. The molecule has 310 valence electrons. The average molecular weight is 805 g/mol. The van der Waals surface area contributed by atoms with Crippen molar-refractivity contribution in [3.63, 3.8) is 0 Å². The Morgan fingerprint density at radius 2 is 1.74 bits per heavy atom. The minimum atomic E-state index is -3.05. The number of hydrogen-bond acceptors (Lipinski definition) is 12. The number of alkyl halides is 2. The third kappa shape index (κ3) is 7.84. The predicted molar refractivity (Wildman–Crippen MR) is 210 cm³/mol. The molecule has 0 saturated carbocycles. The van der Waals surface area contributed by atoms with E-state index in [0.29, 0.717) is 93.7 Å². The van der Waals surface area contributed by atoms with Gasteiger partial charge in [-0.3, -0.25) is 24.2 Å². The van der Waals surface area contributed by atoms with Gasteiger partial charge in [-0.25, -0.2) is 13.6 Å². The van der Waals surface area contributed by atoms with Crippen LogP contribution in [0.15, 0.2) is 60.1 Å². The number of piperazine rings is 2. The molecule has 5 aliphatic heterocycles. The average Bonchev–Trinajstić information content (AvgIpc) is 3.47. The van der Waals surface area contributed by atoms with E-state index in [9.17, 15) is 29.1 Å². The summed E-state index contributed by atoms with van der Waals surface area (Å²) in [6, 6.07) is 9.89. The monoisotopic (exact) mass is 804 g/mol. The number of phenols is 1. The predicted octanol–water partition coefficient (Wildman–Crippen LogP) is 0.998. The number of aldehydes is 1. The SMILES string of the molecule is CNC(=O)C(CCC=O)N1C(=O)c2ccc(N3CCC(CN4CCN(C(=O)N5CCN6C(/C=C(\N)c7ccccc7O)=C(N)NCC6C5)CC4)C(F)(F)C3)cc2C1=O. The number of urea groups is 1. The van der Waals surface area contributed by atoms with Gasteiger partial charge in [0.2, 0.25) is 5.91 Å². The number of carbonyl (C=O) groups excluding carboxylic acids is 5. The molecule has 7 rings (SSSR count). The highest BCUT2D eigenvalue weighted by Gasteiger charge is 2.47. The summed E-state index contributed by atoms with van der Waals surface area (Å²) in [7, 11) is 1.37. The van der Waals surface area contributed by atoms with E-state index in [2.05, 4.69) is 15.5 Å². The van der Waals surface area contributed by atoms with Crippen molar-refractivity contribution in [3.8, 4) is 5.75 Å². The van der Waals surface area contributed by atoms with Gasteiger partial charge >= 0.3 is 6.03 Å². The molecular weight excluding hydrogens is 754 g/mol. The van der Waals surface area contributed by atoms with Crippen LogP contribution in [0.4, 0.5) is 19.3 Å². The van der Waals surface area contributed by atoms with Crippen molar-refractivity contribution >= 4 is 41.4 Å². The second-order valence-electron chi connectivity index (χ2n) is 15.4. The van der Waals surface area contributed by atoms with Crippen molar-refractivity contribution in [1.29, 1.82) is 0 Å². The van der Waals surface area contributed by atoms with Crippen molar-refractivity contribution in [2.75, 3.05) is 83.9 Å². The number of imide groups is 1. The number of nitrogens with zero attached hydrogens (tertiary/aromatic N) is 6. The number of para-hydroxylation sites is 1. The van der Waals surface area contributed by atoms with Gasteiger partial charge in [-0.2, -0.15) is 0 Å². The number of fused-ring (bicyclic) bond motifs is 2. The molecule has 7 N–H and O–H groups in total. The van der Waals surface area contributed by atoms with Gasteiger partial charge in [-0.05, 0) is 49.2 Å². The molecule has 18 heteroatoms. The molecule has 0 aliphatic carbocycles. The molecule has 0 spiro atoms. The third-order valence-electron chi connectivity index (χ3n) is 11.9. The number of rotatable bonds is 10. The van der Waals surface area contributed by atoms with E-state index in [1.807, 2.05) is 9.80 Å². The highest BCUT2D eigenvalue weighted by atomic mass is 19.3. The number of phenolic OH excluding ortho intramolecular Hbond substituents is 1. The molecule has 2 aromatic carbocycles. The number of halogens is 2. The van der Waals surface area contributed by atoms with E-state index < -0.39 is 42.1 Å². The topological polar surface area (TPSA) is 201 Å². The number of likely N-dealkylation sites (N-methyl/N-ethyl adjacent to an activating group) is 1. The molecule has 0 bridgehead atoms. The van der Waals surface area contributed by atoms with Crippen molar-refractivity contribution in [3.05, 3.63) is 76.7 Å². The number of hydrogen-bond donors (Lipinski definition) is 5. The summed E-state index contributed by atoms with van der Waals surface area (Å²) in [6.45, 7) is 3.68. The zero-order valence-electron chi connectivity index (χ0n) is 32.4. The van der Waals surface area contributed by atoms with Crippen molar-refractivity contribution in [2.24, 2.45) is 17.4 Å². The summed E-state index contributed by atoms with van der Waals surface area (Å²) in [5.41, 5.74) is 14.7. The highest BCUT2D eigenvalue weighted by Crippen LogP contribution is 2.38. The molecule has 5 aliphatic rings. The van der Waals surface area contributed by atoms with Gasteiger partial charge in [0.15, 0.2) is 0 Å². The highest BCUT2D eigenvalue weighted by molar-refractivity contribution is 6.23. The van der Waals surface area contributed by atoms with E-state index in [4.69, 9.17) is 11.5 Å². The van der Waals surface area contributed by atoms with Crippen LogP contribution >= 0.6 is 0 Å². The molecule has 3 saturated heterocycles. The van der Waals surface area contributed by atoms with Gasteiger partial charge in [-0.1, -0.05) is 12.1 Å². The Bertz CT molecular complexity index is 2020. The number of nitrogens with one attached hydrogen (secondary N) is 2. The first-order valence-electron chi connectivity index (χ1n) is 19.6. The van der Waals surface area contributed by atoms with Gasteiger partial charge in [0, 0.05) is 102 Å². The molecule has 3 unspecified atom stereocenters. The number of aromatic hydroxyl groups is 1. The molecular formula is C40H50F2N10O6. The number of benzene rings is 2. The quantitative estimate of drug-likeness (QED) is 0.169. The van der Waals surface area contributed by atoms with Crippen molar-refractivity contribution < 1.29 is 37.9 Å². The lowest BCUT2D eigenvalue weighted by atomic mass is 9.91. The Kier molecular flexibility index (Phi) is 11.5. The Hall–Kier alpha value is -5.91. The Morgan fingerprint density at radius 1 is 1.02 bits per heavy atom. The molecule has 5 heterocycles. The van der Waals surface area contributed by atoms with Crippen LogP contribution in [0.25, 0.3) is 5.70 Å². The molecule has 16 nitrogen and oxygen atoms in total. The molecule has 0 aromatic heterocycles. The second kappa shape index (κ2) is 16.5. The number of anilines is 1. The minimum absolute atomic E-state index is 0.0275. The van der Waals surface area contributed by atoms with Crippen LogP contribution < -0.4 is 27.0 Å². The van der Waals surface area contributed by atoms with Gasteiger partial charge in [-0.15, -0.1) is 0 Å².